The Morgan fingerprint density at radius 1 is 1.00 bits per heavy atom. The summed E-state index contributed by atoms with van der Waals surface area (Å²) < 4.78 is 37.1. The van der Waals surface area contributed by atoms with Crippen molar-refractivity contribution in [3.8, 4) is 11.5 Å². The second kappa shape index (κ2) is 6.50. The lowest BCUT2D eigenvalue weighted by Crippen LogP contribution is -2.02. The van der Waals surface area contributed by atoms with Crippen molar-refractivity contribution in [3.63, 3.8) is 0 Å². The third-order valence-electron chi connectivity index (χ3n) is 3.02. The average Bonchev–Trinajstić information content (AvgIpc) is 2.46. The zero-order valence-electron chi connectivity index (χ0n) is 11.3. The summed E-state index contributed by atoms with van der Waals surface area (Å²) in [4.78, 5) is 0. The number of hydrogen-bond donors (Lipinski definition) is 0. The fourth-order valence-corrected chi connectivity index (χ4v) is 2.67. The molecular weight excluding hydrogens is 321 g/mol. The van der Waals surface area contributed by atoms with E-state index in [0.717, 1.165) is 12.1 Å². The summed E-state index contributed by atoms with van der Waals surface area (Å²) in [5.41, 5.74) is 0.605. The normalized spacial score (nSPS) is 12.1. The fraction of sp³-hybridized carbons (Fsp3) is 0.200. The fourth-order valence-electron chi connectivity index (χ4n) is 1.99. The van der Waals surface area contributed by atoms with Crippen molar-refractivity contribution in [2.45, 2.75) is 5.38 Å². The molecule has 0 aromatic heterocycles. The van der Waals surface area contributed by atoms with E-state index < -0.39 is 17.0 Å². The van der Waals surface area contributed by atoms with Crippen molar-refractivity contribution in [1.29, 1.82) is 0 Å². The first-order valence-electron chi connectivity index (χ1n) is 5.99. The minimum Gasteiger partial charge on any atom is -0.495 e. The molecule has 0 fully saturated rings. The van der Waals surface area contributed by atoms with E-state index in [1.807, 2.05) is 0 Å². The third-order valence-corrected chi connectivity index (χ3v) is 3.85. The molecule has 1 atom stereocenters. The van der Waals surface area contributed by atoms with Crippen molar-refractivity contribution in [2.75, 3.05) is 14.2 Å². The van der Waals surface area contributed by atoms with Crippen LogP contribution in [0.3, 0.4) is 0 Å². The molecule has 0 aliphatic rings. The monoisotopic (exact) mass is 332 g/mol. The van der Waals surface area contributed by atoms with E-state index in [1.165, 1.54) is 20.3 Å². The highest BCUT2D eigenvalue weighted by Crippen LogP contribution is 2.43. The number of ether oxygens (including phenoxy) is 2. The summed E-state index contributed by atoms with van der Waals surface area (Å²) >= 11 is 12.4. The third kappa shape index (κ3) is 3.06. The molecule has 0 aliphatic heterocycles. The lowest BCUT2D eigenvalue weighted by atomic mass is 10.0. The molecule has 2 nitrogen and oxygen atoms in total. The lowest BCUT2D eigenvalue weighted by molar-refractivity contribution is 0.391. The zero-order valence-corrected chi connectivity index (χ0v) is 12.8. The molecule has 0 radical (unpaired) electrons. The van der Waals surface area contributed by atoms with Crippen LogP contribution in [0.25, 0.3) is 0 Å². The van der Waals surface area contributed by atoms with Gasteiger partial charge in [-0.25, -0.2) is 8.78 Å². The lowest BCUT2D eigenvalue weighted by Gasteiger charge is -2.17. The average molecular weight is 333 g/mol. The summed E-state index contributed by atoms with van der Waals surface area (Å²) in [5, 5.41) is -0.630. The Hall–Kier alpha value is -1.52. The number of halogens is 4. The Kier molecular flexibility index (Phi) is 4.91. The van der Waals surface area contributed by atoms with Gasteiger partial charge in [0.15, 0.2) is 0 Å². The first kappa shape index (κ1) is 15.9. The smallest absolute Gasteiger partial charge is 0.146 e. The van der Waals surface area contributed by atoms with Gasteiger partial charge in [0.2, 0.25) is 0 Å². The molecule has 0 bridgehead atoms. The first-order valence-corrected chi connectivity index (χ1v) is 6.80. The SMILES string of the molecule is COc1ccc(C(Cl)c2ccc(F)cc2F)c(OC)c1Cl. The molecule has 0 amide bonds. The zero-order chi connectivity index (χ0) is 15.6. The molecule has 2 rings (SSSR count). The Bertz CT molecular complexity index is 662. The van der Waals surface area contributed by atoms with Gasteiger partial charge in [0, 0.05) is 17.2 Å². The van der Waals surface area contributed by atoms with Gasteiger partial charge in [0.25, 0.3) is 0 Å². The van der Waals surface area contributed by atoms with Gasteiger partial charge in [-0.05, 0) is 18.2 Å². The number of methoxy groups -OCH3 is 2. The van der Waals surface area contributed by atoms with Crippen molar-refractivity contribution in [1.82, 2.24) is 0 Å². The first-order chi connectivity index (χ1) is 9.99. The molecule has 0 spiro atoms. The second-order valence-electron chi connectivity index (χ2n) is 4.23. The van der Waals surface area contributed by atoms with Gasteiger partial charge in [-0.15, -0.1) is 11.6 Å². The number of alkyl halides is 1. The van der Waals surface area contributed by atoms with Crippen LogP contribution in [0, 0.1) is 11.6 Å². The minimum absolute atomic E-state index is 0.137. The van der Waals surface area contributed by atoms with Gasteiger partial charge in [-0.3, -0.25) is 0 Å². The molecule has 112 valence electrons. The van der Waals surface area contributed by atoms with Gasteiger partial charge in [0.05, 0.1) is 19.6 Å². The number of hydrogen-bond acceptors (Lipinski definition) is 2. The van der Waals surface area contributed by atoms with Crippen LogP contribution in [0.15, 0.2) is 30.3 Å². The van der Waals surface area contributed by atoms with Gasteiger partial charge in [-0.2, -0.15) is 0 Å². The predicted octanol–water partition coefficient (Wildman–Crippen LogP) is 4.96. The van der Waals surface area contributed by atoms with Crippen molar-refractivity contribution < 1.29 is 18.3 Å². The summed E-state index contributed by atoms with van der Waals surface area (Å²) in [5.74, 6) is -0.690. The molecule has 2 aromatic rings. The van der Waals surface area contributed by atoms with E-state index in [9.17, 15) is 8.78 Å². The van der Waals surface area contributed by atoms with Crippen molar-refractivity contribution in [3.05, 3.63) is 58.1 Å². The second-order valence-corrected chi connectivity index (χ2v) is 5.05. The molecule has 0 heterocycles. The predicted molar refractivity (Wildman–Crippen MR) is 78.6 cm³/mol. The highest BCUT2D eigenvalue weighted by molar-refractivity contribution is 6.34. The van der Waals surface area contributed by atoms with Gasteiger partial charge in [-0.1, -0.05) is 17.7 Å². The van der Waals surface area contributed by atoms with Crippen LogP contribution in [-0.4, -0.2) is 14.2 Å². The minimum atomic E-state index is -0.871. The van der Waals surface area contributed by atoms with Crippen molar-refractivity contribution >= 4 is 23.2 Å². The van der Waals surface area contributed by atoms with Gasteiger partial charge < -0.3 is 9.47 Å². The summed E-state index contributed by atoms with van der Waals surface area (Å²) in [6.07, 6.45) is 0. The van der Waals surface area contributed by atoms with Crippen molar-refractivity contribution in [2.24, 2.45) is 0 Å². The van der Waals surface area contributed by atoms with Gasteiger partial charge >= 0.3 is 0 Å². The van der Waals surface area contributed by atoms with Crippen LogP contribution < -0.4 is 9.47 Å². The maximum atomic E-state index is 13.8. The Labute approximate surface area is 131 Å². The maximum absolute atomic E-state index is 13.8. The van der Waals surface area contributed by atoms with Gasteiger partial charge in [0.1, 0.15) is 28.2 Å². The summed E-state index contributed by atoms with van der Waals surface area (Å²) in [6.45, 7) is 0. The molecule has 21 heavy (non-hydrogen) atoms. The quantitative estimate of drug-likeness (QED) is 0.736. The molecule has 0 saturated heterocycles. The van der Waals surface area contributed by atoms with E-state index in [2.05, 4.69) is 0 Å². The number of benzene rings is 2. The van der Waals surface area contributed by atoms with Crippen LogP contribution in [0.1, 0.15) is 16.5 Å². The molecule has 0 saturated carbocycles. The maximum Gasteiger partial charge on any atom is 0.146 e. The van der Waals surface area contributed by atoms with Crippen LogP contribution in [0.2, 0.25) is 5.02 Å². The largest absolute Gasteiger partial charge is 0.495 e. The highest BCUT2D eigenvalue weighted by Gasteiger charge is 2.23. The molecule has 0 N–H and O–H groups in total. The Morgan fingerprint density at radius 3 is 2.24 bits per heavy atom. The molecule has 2 aromatic carbocycles. The Balaban J connectivity index is 2.52. The Morgan fingerprint density at radius 2 is 1.67 bits per heavy atom. The van der Waals surface area contributed by atoms with E-state index in [4.69, 9.17) is 32.7 Å². The number of rotatable bonds is 4. The topological polar surface area (TPSA) is 18.5 Å². The van der Waals surface area contributed by atoms with Crippen LogP contribution >= 0.6 is 23.2 Å². The molecule has 0 aliphatic carbocycles. The molecular formula is C15H12Cl2F2O2. The van der Waals surface area contributed by atoms with Crippen LogP contribution in [0.5, 0.6) is 11.5 Å². The van der Waals surface area contributed by atoms with E-state index in [1.54, 1.807) is 12.1 Å². The standard InChI is InChI=1S/C15H12Cl2F2O2/c1-20-12-6-5-10(15(21-2)14(12)17)13(16)9-4-3-8(18)7-11(9)19/h3-7,13H,1-2H3. The molecule has 6 heteroatoms. The van der Waals surface area contributed by atoms with Crippen LogP contribution in [-0.2, 0) is 0 Å². The van der Waals surface area contributed by atoms with E-state index >= 15 is 0 Å². The van der Waals surface area contributed by atoms with E-state index in [-0.39, 0.29) is 10.6 Å². The van der Waals surface area contributed by atoms with Crippen LogP contribution in [0.4, 0.5) is 8.78 Å². The molecule has 1 unspecified atom stereocenters. The highest BCUT2D eigenvalue weighted by atomic mass is 35.5. The summed E-state index contributed by atoms with van der Waals surface area (Å²) in [7, 11) is 2.90. The summed E-state index contributed by atoms with van der Waals surface area (Å²) in [6, 6.07) is 6.45. The van der Waals surface area contributed by atoms with E-state index in [0.29, 0.717) is 17.1 Å².